The van der Waals surface area contributed by atoms with Crippen molar-refractivity contribution in [2.45, 2.75) is 18.4 Å². The molecule has 3 rings (SSSR count). The molecule has 0 aliphatic carbocycles. The van der Waals surface area contributed by atoms with E-state index in [0.29, 0.717) is 0 Å². The van der Waals surface area contributed by atoms with Crippen molar-refractivity contribution in [1.82, 2.24) is 14.8 Å². The number of rotatable bonds is 4. The van der Waals surface area contributed by atoms with E-state index < -0.39 is 0 Å². The molecule has 2 heterocycles. The first-order valence-electron chi connectivity index (χ1n) is 8.22. The predicted molar refractivity (Wildman–Crippen MR) is 98.4 cm³/mol. The average Bonchev–Trinajstić information content (AvgIpc) is 2.63. The lowest BCUT2D eigenvalue weighted by Gasteiger charge is -2.35. The summed E-state index contributed by atoms with van der Waals surface area (Å²) in [6.07, 6.45) is 5.70. The third kappa shape index (κ3) is 3.97. The second kappa shape index (κ2) is 7.81. The molecule has 1 fully saturated rings. The van der Waals surface area contributed by atoms with Crippen LogP contribution >= 0.6 is 11.8 Å². The van der Waals surface area contributed by atoms with Crippen molar-refractivity contribution in [3.63, 3.8) is 0 Å². The highest BCUT2D eigenvalue weighted by molar-refractivity contribution is 7.98. The highest BCUT2D eigenvalue weighted by atomic mass is 32.2. The van der Waals surface area contributed by atoms with Crippen molar-refractivity contribution in [1.29, 1.82) is 0 Å². The summed E-state index contributed by atoms with van der Waals surface area (Å²) in [5.41, 5.74) is 3.16. The summed E-state index contributed by atoms with van der Waals surface area (Å²) in [4.78, 5) is 22.4. The van der Waals surface area contributed by atoms with Crippen LogP contribution in [0.5, 0.6) is 0 Å². The largest absolute Gasteiger partial charge is 0.336 e. The van der Waals surface area contributed by atoms with Gasteiger partial charge in [-0.25, -0.2) is 0 Å². The molecule has 0 spiro atoms. The molecule has 2 aromatic rings. The minimum absolute atomic E-state index is 0.159. The van der Waals surface area contributed by atoms with Crippen LogP contribution in [0.25, 0.3) is 0 Å². The van der Waals surface area contributed by atoms with Crippen molar-refractivity contribution in [2.75, 3.05) is 32.4 Å². The Kier molecular flexibility index (Phi) is 5.53. The van der Waals surface area contributed by atoms with E-state index in [-0.39, 0.29) is 5.91 Å². The van der Waals surface area contributed by atoms with E-state index >= 15 is 0 Å². The second-order valence-electron chi connectivity index (χ2n) is 6.10. The lowest BCUT2D eigenvalue weighted by molar-refractivity contribution is 0.0627. The van der Waals surface area contributed by atoms with E-state index in [9.17, 15) is 4.79 Å². The van der Waals surface area contributed by atoms with Gasteiger partial charge < -0.3 is 4.90 Å². The van der Waals surface area contributed by atoms with Gasteiger partial charge in [-0.05, 0) is 48.6 Å². The van der Waals surface area contributed by atoms with Gasteiger partial charge in [-0.3, -0.25) is 14.7 Å². The molecule has 1 aliphatic rings. The van der Waals surface area contributed by atoms with Crippen LogP contribution in [0.15, 0.2) is 47.6 Å². The molecule has 1 aromatic carbocycles. The molecule has 0 saturated carbocycles. The number of piperazine rings is 1. The molecule has 0 atom stereocenters. The molecule has 5 heteroatoms. The molecule has 1 amide bonds. The summed E-state index contributed by atoms with van der Waals surface area (Å²) in [7, 11) is 0. The van der Waals surface area contributed by atoms with Crippen LogP contribution in [0.2, 0.25) is 0 Å². The molecular formula is C19H23N3OS. The first kappa shape index (κ1) is 17.0. The topological polar surface area (TPSA) is 36.4 Å². The summed E-state index contributed by atoms with van der Waals surface area (Å²) in [5, 5.41) is 0. The SMILES string of the molecule is CSc1ccc(C)c(C(=O)N2CCN(Cc3ccncc3)CC2)c1. The highest BCUT2D eigenvalue weighted by Crippen LogP contribution is 2.21. The Labute approximate surface area is 147 Å². The van der Waals surface area contributed by atoms with Crippen molar-refractivity contribution in [2.24, 2.45) is 0 Å². The summed E-state index contributed by atoms with van der Waals surface area (Å²) in [5.74, 6) is 0.159. The summed E-state index contributed by atoms with van der Waals surface area (Å²) >= 11 is 1.67. The number of hydrogen-bond acceptors (Lipinski definition) is 4. The van der Waals surface area contributed by atoms with Gasteiger partial charge in [0.1, 0.15) is 0 Å². The number of nitrogens with zero attached hydrogens (tertiary/aromatic N) is 3. The fourth-order valence-corrected chi connectivity index (χ4v) is 3.42. The Morgan fingerprint density at radius 2 is 1.83 bits per heavy atom. The van der Waals surface area contributed by atoms with Crippen LogP contribution in [-0.2, 0) is 6.54 Å². The molecular weight excluding hydrogens is 318 g/mol. The number of pyridine rings is 1. The zero-order chi connectivity index (χ0) is 16.9. The van der Waals surface area contributed by atoms with Gasteiger partial charge in [-0.15, -0.1) is 11.8 Å². The molecule has 0 N–H and O–H groups in total. The maximum absolute atomic E-state index is 12.8. The smallest absolute Gasteiger partial charge is 0.254 e. The van der Waals surface area contributed by atoms with Gasteiger partial charge >= 0.3 is 0 Å². The molecule has 24 heavy (non-hydrogen) atoms. The molecule has 1 aliphatic heterocycles. The Balaban J connectivity index is 1.61. The lowest BCUT2D eigenvalue weighted by Crippen LogP contribution is -2.48. The number of amides is 1. The summed E-state index contributed by atoms with van der Waals surface area (Å²) < 4.78 is 0. The zero-order valence-electron chi connectivity index (χ0n) is 14.2. The van der Waals surface area contributed by atoms with Crippen LogP contribution < -0.4 is 0 Å². The van der Waals surface area contributed by atoms with Crippen LogP contribution in [0.4, 0.5) is 0 Å². The van der Waals surface area contributed by atoms with Gasteiger partial charge in [0, 0.05) is 55.6 Å². The average molecular weight is 341 g/mol. The number of aromatic nitrogens is 1. The first-order valence-corrected chi connectivity index (χ1v) is 9.45. The van der Waals surface area contributed by atoms with Gasteiger partial charge in [-0.1, -0.05) is 6.07 Å². The Morgan fingerprint density at radius 1 is 1.12 bits per heavy atom. The van der Waals surface area contributed by atoms with Crippen LogP contribution in [0, 0.1) is 6.92 Å². The first-order chi connectivity index (χ1) is 11.7. The van der Waals surface area contributed by atoms with Gasteiger partial charge in [0.25, 0.3) is 5.91 Å². The van der Waals surface area contributed by atoms with E-state index in [4.69, 9.17) is 0 Å². The minimum atomic E-state index is 0.159. The molecule has 0 unspecified atom stereocenters. The third-order valence-electron chi connectivity index (χ3n) is 4.49. The summed E-state index contributed by atoms with van der Waals surface area (Å²) in [6, 6.07) is 10.2. The van der Waals surface area contributed by atoms with Crippen molar-refractivity contribution in [3.8, 4) is 0 Å². The zero-order valence-corrected chi connectivity index (χ0v) is 15.1. The molecule has 126 valence electrons. The van der Waals surface area contributed by atoms with E-state index in [2.05, 4.69) is 28.1 Å². The van der Waals surface area contributed by atoms with E-state index in [1.54, 1.807) is 11.8 Å². The molecule has 1 aromatic heterocycles. The molecule has 4 nitrogen and oxygen atoms in total. The van der Waals surface area contributed by atoms with Crippen molar-refractivity contribution in [3.05, 3.63) is 59.4 Å². The van der Waals surface area contributed by atoms with Crippen molar-refractivity contribution >= 4 is 17.7 Å². The number of benzene rings is 1. The third-order valence-corrected chi connectivity index (χ3v) is 5.22. The lowest BCUT2D eigenvalue weighted by atomic mass is 10.1. The fourth-order valence-electron chi connectivity index (χ4n) is 2.98. The molecule has 0 bridgehead atoms. The van der Waals surface area contributed by atoms with Gasteiger partial charge in [0.15, 0.2) is 0 Å². The number of thioether (sulfide) groups is 1. The maximum Gasteiger partial charge on any atom is 0.254 e. The maximum atomic E-state index is 12.8. The number of aryl methyl sites for hydroxylation is 1. The van der Waals surface area contributed by atoms with Crippen LogP contribution in [0.1, 0.15) is 21.5 Å². The predicted octanol–water partition coefficient (Wildman–Crippen LogP) is 3.07. The van der Waals surface area contributed by atoms with E-state index in [1.165, 1.54) is 5.56 Å². The minimum Gasteiger partial charge on any atom is -0.336 e. The number of carbonyl (C=O) groups excluding carboxylic acids is 1. The second-order valence-corrected chi connectivity index (χ2v) is 6.98. The van der Waals surface area contributed by atoms with Crippen molar-refractivity contribution < 1.29 is 4.79 Å². The monoisotopic (exact) mass is 341 g/mol. The number of carbonyl (C=O) groups is 1. The normalized spacial score (nSPS) is 15.5. The summed E-state index contributed by atoms with van der Waals surface area (Å²) in [6.45, 7) is 6.33. The Morgan fingerprint density at radius 3 is 2.50 bits per heavy atom. The standard InChI is InChI=1S/C19H23N3OS/c1-15-3-4-17(24-2)13-18(15)19(23)22-11-9-21(10-12-22)14-16-5-7-20-8-6-16/h3-8,13H,9-12,14H2,1-2H3. The molecule has 1 saturated heterocycles. The van der Waals surface area contributed by atoms with Crippen LogP contribution in [0.3, 0.4) is 0 Å². The van der Waals surface area contributed by atoms with E-state index in [0.717, 1.165) is 48.7 Å². The highest BCUT2D eigenvalue weighted by Gasteiger charge is 2.23. The Bertz CT molecular complexity index is 697. The van der Waals surface area contributed by atoms with E-state index in [1.807, 2.05) is 42.6 Å². The van der Waals surface area contributed by atoms with Crippen LogP contribution in [-0.4, -0.2) is 53.1 Å². The molecule has 0 radical (unpaired) electrons. The van der Waals surface area contributed by atoms with Gasteiger partial charge in [-0.2, -0.15) is 0 Å². The van der Waals surface area contributed by atoms with Gasteiger partial charge in [0.2, 0.25) is 0 Å². The number of hydrogen-bond donors (Lipinski definition) is 0. The quantitative estimate of drug-likeness (QED) is 0.801. The van der Waals surface area contributed by atoms with Gasteiger partial charge in [0.05, 0.1) is 0 Å². The Hall–Kier alpha value is -1.85. The fraction of sp³-hybridized carbons (Fsp3) is 0.368.